The second-order valence-corrected chi connectivity index (χ2v) is 4.22. The van der Waals surface area contributed by atoms with E-state index in [2.05, 4.69) is 25.3 Å². The number of hydrogen-bond acceptors (Lipinski definition) is 5. The Labute approximate surface area is 123 Å². The van der Waals surface area contributed by atoms with Crippen LogP contribution in [-0.4, -0.2) is 23.4 Å². The van der Waals surface area contributed by atoms with Gasteiger partial charge >= 0.3 is 6.36 Å². The van der Waals surface area contributed by atoms with Gasteiger partial charge in [-0.2, -0.15) is 4.98 Å². The third-order valence-corrected chi connectivity index (χ3v) is 2.61. The average Bonchev–Trinajstić information content (AvgIpc) is 2.42. The molecule has 2 rings (SSSR count). The number of benzene rings is 1. The van der Waals surface area contributed by atoms with E-state index in [-0.39, 0.29) is 28.2 Å². The zero-order chi connectivity index (χ0) is 15.5. The number of para-hydroxylation sites is 2. The maximum Gasteiger partial charge on any atom is 0.573 e. The SMILES string of the molecule is CNc1ncc(Cl)c(Nc2ccccc2OC(F)(F)F)n1. The maximum atomic E-state index is 12.3. The number of nitrogens with zero attached hydrogens (tertiary/aromatic N) is 2. The van der Waals surface area contributed by atoms with Crippen LogP contribution in [0, 0.1) is 0 Å². The van der Waals surface area contributed by atoms with E-state index in [1.54, 1.807) is 13.1 Å². The fraction of sp³-hybridized carbons (Fsp3) is 0.167. The standard InChI is InChI=1S/C12H10ClF3N4O/c1-17-11-18-6-7(13)10(20-11)19-8-4-2-3-5-9(8)21-12(14,15)16/h2-6H,1H3,(H2,17,18,19,20). The molecular weight excluding hydrogens is 309 g/mol. The van der Waals surface area contributed by atoms with Crippen LogP contribution in [0.4, 0.5) is 30.6 Å². The molecule has 1 aromatic heterocycles. The molecule has 0 saturated heterocycles. The molecule has 1 aromatic carbocycles. The predicted molar refractivity (Wildman–Crippen MR) is 73.0 cm³/mol. The van der Waals surface area contributed by atoms with Crippen molar-refractivity contribution in [2.24, 2.45) is 0 Å². The van der Waals surface area contributed by atoms with Gasteiger partial charge in [-0.3, -0.25) is 0 Å². The van der Waals surface area contributed by atoms with Gasteiger partial charge in [-0.25, -0.2) is 4.98 Å². The van der Waals surface area contributed by atoms with E-state index in [0.717, 1.165) is 0 Å². The van der Waals surface area contributed by atoms with Crippen LogP contribution < -0.4 is 15.4 Å². The van der Waals surface area contributed by atoms with Crippen molar-refractivity contribution >= 4 is 29.1 Å². The summed E-state index contributed by atoms with van der Waals surface area (Å²) in [4.78, 5) is 7.90. The summed E-state index contributed by atoms with van der Waals surface area (Å²) < 4.78 is 41.0. The Balaban J connectivity index is 2.31. The van der Waals surface area contributed by atoms with Crippen LogP contribution in [-0.2, 0) is 0 Å². The molecule has 5 nitrogen and oxygen atoms in total. The fourth-order valence-electron chi connectivity index (χ4n) is 1.49. The Morgan fingerprint density at radius 3 is 2.62 bits per heavy atom. The van der Waals surface area contributed by atoms with Gasteiger partial charge in [-0.15, -0.1) is 13.2 Å². The highest BCUT2D eigenvalue weighted by atomic mass is 35.5. The summed E-state index contributed by atoms with van der Waals surface area (Å²) in [6.07, 6.45) is -3.46. The quantitative estimate of drug-likeness (QED) is 0.897. The minimum atomic E-state index is -4.79. The highest BCUT2D eigenvalue weighted by Gasteiger charge is 2.32. The molecule has 0 atom stereocenters. The third-order valence-electron chi connectivity index (χ3n) is 2.33. The average molecular weight is 319 g/mol. The summed E-state index contributed by atoms with van der Waals surface area (Å²) in [7, 11) is 1.60. The van der Waals surface area contributed by atoms with Crippen LogP contribution in [0.3, 0.4) is 0 Å². The van der Waals surface area contributed by atoms with Crippen molar-refractivity contribution in [2.45, 2.75) is 6.36 Å². The van der Waals surface area contributed by atoms with Crippen LogP contribution in [0.5, 0.6) is 5.75 Å². The molecule has 9 heteroatoms. The summed E-state index contributed by atoms with van der Waals surface area (Å²) in [6, 6.07) is 5.58. The van der Waals surface area contributed by atoms with E-state index in [1.165, 1.54) is 24.4 Å². The Morgan fingerprint density at radius 2 is 1.95 bits per heavy atom. The lowest BCUT2D eigenvalue weighted by Crippen LogP contribution is -2.18. The Hall–Kier alpha value is -2.22. The molecule has 0 aliphatic rings. The van der Waals surface area contributed by atoms with E-state index in [1.807, 2.05) is 0 Å². The lowest BCUT2D eigenvalue weighted by atomic mass is 10.3. The van der Waals surface area contributed by atoms with E-state index in [4.69, 9.17) is 11.6 Å². The van der Waals surface area contributed by atoms with Crippen molar-refractivity contribution in [1.82, 2.24) is 9.97 Å². The molecular formula is C12H10ClF3N4O. The third kappa shape index (κ3) is 4.12. The number of anilines is 3. The van der Waals surface area contributed by atoms with Crippen LogP contribution >= 0.6 is 11.6 Å². The number of hydrogen-bond donors (Lipinski definition) is 2. The van der Waals surface area contributed by atoms with Gasteiger partial charge in [0.1, 0.15) is 5.02 Å². The first-order valence-electron chi connectivity index (χ1n) is 5.71. The van der Waals surface area contributed by atoms with Crippen LogP contribution in [0.2, 0.25) is 5.02 Å². The highest BCUT2D eigenvalue weighted by molar-refractivity contribution is 6.32. The summed E-state index contributed by atoms with van der Waals surface area (Å²) >= 11 is 5.91. The molecule has 1 heterocycles. The van der Waals surface area contributed by atoms with E-state index in [9.17, 15) is 13.2 Å². The van der Waals surface area contributed by atoms with E-state index < -0.39 is 6.36 Å². The summed E-state index contributed by atoms with van der Waals surface area (Å²) in [5.41, 5.74) is 0.0810. The molecule has 0 aliphatic carbocycles. The van der Waals surface area contributed by atoms with Crippen molar-refractivity contribution in [3.05, 3.63) is 35.5 Å². The molecule has 21 heavy (non-hydrogen) atoms. The smallest absolute Gasteiger partial charge is 0.404 e. The van der Waals surface area contributed by atoms with Gasteiger partial charge in [0.25, 0.3) is 0 Å². The number of ether oxygens (including phenoxy) is 1. The van der Waals surface area contributed by atoms with Crippen molar-refractivity contribution in [2.75, 3.05) is 17.7 Å². The highest BCUT2D eigenvalue weighted by Crippen LogP contribution is 2.33. The molecule has 2 N–H and O–H groups in total. The Bertz CT molecular complexity index is 636. The van der Waals surface area contributed by atoms with Crippen molar-refractivity contribution in [3.63, 3.8) is 0 Å². The molecule has 0 unspecified atom stereocenters. The predicted octanol–water partition coefficient (Wildman–Crippen LogP) is 3.81. The zero-order valence-corrected chi connectivity index (χ0v) is 11.5. The molecule has 112 valence electrons. The largest absolute Gasteiger partial charge is 0.573 e. The first-order chi connectivity index (χ1) is 9.89. The fourth-order valence-corrected chi connectivity index (χ4v) is 1.62. The maximum absolute atomic E-state index is 12.3. The summed E-state index contributed by atoms with van der Waals surface area (Å²) in [6.45, 7) is 0. The van der Waals surface area contributed by atoms with E-state index in [0.29, 0.717) is 0 Å². The van der Waals surface area contributed by atoms with Gasteiger partial charge in [-0.1, -0.05) is 23.7 Å². The van der Waals surface area contributed by atoms with Crippen molar-refractivity contribution in [3.8, 4) is 5.75 Å². The molecule has 0 bridgehead atoms. The topological polar surface area (TPSA) is 59.1 Å². The first-order valence-corrected chi connectivity index (χ1v) is 6.09. The van der Waals surface area contributed by atoms with Gasteiger partial charge in [0, 0.05) is 7.05 Å². The molecule has 0 radical (unpaired) electrons. The molecule has 0 spiro atoms. The summed E-state index contributed by atoms with van der Waals surface area (Å²) in [5, 5.41) is 5.55. The van der Waals surface area contributed by atoms with Gasteiger partial charge < -0.3 is 15.4 Å². The minimum absolute atomic E-state index is 0.0810. The van der Waals surface area contributed by atoms with Crippen molar-refractivity contribution < 1.29 is 17.9 Å². The lowest BCUT2D eigenvalue weighted by Gasteiger charge is -2.14. The van der Waals surface area contributed by atoms with Gasteiger partial charge in [0.05, 0.1) is 11.9 Å². The lowest BCUT2D eigenvalue weighted by molar-refractivity contribution is -0.274. The Kier molecular flexibility index (Phi) is 4.37. The monoisotopic (exact) mass is 318 g/mol. The van der Waals surface area contributed by atoms with Gasteiger partial charge in [0.2, 0.25) is 5.95 Å². The second-order valence-electron chi connectivity index (χ2n) is 3.81. The number of halogens is 4. The zero-order valence-electron chi connectivity index (χ0n) is 10.7. The molecule has 0 amide bonds. The van der Waals surface area contributed by atoms with E-state index >= 15 is 0 Å². The molecule has 2 aromatic rings. The number of alkyl halides is 3. The minimum Gasteiger partial charge on any atom is -0.404 e. The molecule has 0 saturated carbocycles. The molecule has 0 fully saturated rings. The van der Waals surface area contributed by atoms with Crippen LogP contribution in [0.15, 0.2) is 30.5 Å². The van der Waals surface area contributed by atoms with Crippen molar-refractivity contribution in [1.29, 1.82) is 0 Å². The normalized spacial score (nSPS) is 11.1. The first kappa shape index (κ1) is 15.2. The number of rotatable bonds is 4. The van der Waals surface area contributed by atoms with Crippen LogP contribution in [0.1, 0.15) is 0 Å². The number of nitrogens with one attached hydrogen (secondary N) is 2. The van der Waals surface area contributed by atoms with Crippen LogP contribution in [0.25, 0.3) is 0 Å². The molecule has 0 aliphatic heterocycles. The van der Waals surface area contributed by atoms with Gasteiger partial charge in [-0.05, 0) is 12.1 Å². The second kappa shape index (κ2) is 6.04. The number of aromatic nitrogens is 2. The summed E-state index contributed by atoms with van der Waals surface area (Å²) in [5.74, 6) is 0.0519. The Morgan fingerprint density at radius 1 is 1.24 bits per heavy atom. The van der Waals surface area contributed by atoms with Gasteiger partial charge in [0.15, 0.2) is 11.6 Å².